The predicted molar refractivity (Wildman–Crippen MR) is 79.3 cm³/mol. The Labute approximate surface area is 130 Å². The van der Waals surface area contributed by atoms with E-state index in [9.17, 15) is 17.6 Å². The number of aliphatic hydroxyl groups is 1. The molecule has 1 aromatic carbocycles. The number of benzene rings is 1. The molecule has 0 aromatic heterocycles. The van der Waals surface area contributed by atoms with Crippen molar-refractivity contribution in [1.82, 2.24) is 4.90 Å². The fourth-order valence-electron chi connectivity index (χ4n) is 2.37. The molecule has 0 bridgehead atoms. The number of sulfone groups is 1. The first-order valence-corrected chi connectivity index (χ1v) is 9.03. The first kappa shape index (κ1) is 16.4. The molecule has 8 heteroatoms. The van der Waals surface area contributed by atoms with Crippen LogP contribution >= 0.6 is 15.9 Å². The summed E-state index contributed by atoms with van der Waals surface area (Å²) >= 11 is 3.01. The summed E-state index contributed by atoms with van der Waals surface area (Å²) < 4.78 is 36.5. The molecule has 21 heavy (non-hydrogen) atoms. The first-order valence-electron chi connectivity index (χ1n) is 6.41. The lowest BCUT2D eigenvalue weighted by molar-refractivity contribution is 0.0655. The normalized spacial score (nSPS) is 20.4. The van der Waals surface area contributed by atoms with Crippen LogP contribution in [0, 0.1) is 5.82 Å². The Balaban J connectivity index is 2.25. The Hall–Kier alpha value is -0.990. The van der Waals surface area contributed by atoms with Gasteiger partial charge in [0.2, 0.25) is 0 Å². The van der Waals surface area contributed by atoms with Crippen LogP contribution in [0.4, 0.5) is 4.39 Å². The molecule has 0 aliphatic carbocycles. The highest BCUT2D eigenvalue weighted by Crippen LogP contribution is 2.22. The molecule has 1 aliphatic rings. The molecule has 2 rings (SSSR count). The molecule has 1 saturated heterocycles. The summed E-state index contributed by atoms with van der Waals surface area (Å²) in [5.74, 6) is -0.947. The molecule has 0 radical (unpaired) electrons. The van der Waals surface area contributed by atoms with E-state index >= 15 is 0 Å². The number of carbonyl (C=O) groups excluding carboxylic acids is 1. The second-order valence-electron chi connectivity index (χ2n) is 4.91. The third-order valence-corrected chi connectivity index (χ3v) is 5.78. The van der Waals surface area contributed by atoms with Crippen molar-refractivity contribution in [2.75, 3.05) is 24.7 Å². The molecule has 1 fully saturated rings. The number of hydrogen-bond acceptors (Lipinski definition) is 4. The van der Waals surface area contributed by atoms with E-state index in [1.807, 2.05) is 0 Å². The van der Waals surface area contributed by atoms with E-state index in [1.54, 1.807) is 0 Å². The van der Waals surface area contributed by atoms with Gasteiger partial charge in [0.05, 0.1) is 22.6 Å². The van der Waals surface area contributed by atoms with E-state index in [2.05, 4.69) is 15.9 Å². The maximum atomic E-state index is 13.2. The third-order valence-electron chi connectivity index (χ3n) is 3.42. The van der Waals surface area contributed by atoms with Gasteiger partial charge in [0.25, 0.3) is 5.91 Å². The van der Waals surface area contributed by atoms with Gasteiger partial charge < -0.3 is 10.0 Å². The van der Waals surface area contributed by atoms with Crippen molar-refractivity contribution in [3.8, 4) is 0 Å². The van der Waals surface area contributed by atoms with E-state index in [1.165, 1.54) is 23.1 Å². The Bertz CT molecular complexity index is 650. The Morgan fingerprint density at radius 1 is 1.48 bits per heavy atom. The van der Waals surface area contributed by atoms with Gasteiger partial charge in [-0.15, -0.1) is 0 Å². The molecule has 1 atom stereocenters. The quantitative estimate of drug-likeness (QED) is 0.852. The zero-order valence-electron chi connectivity index (χ0n) is 11.1. The lowest BCUT2D eigenvalue weighted by atomic mass is 10.1. The number of carbonyl (C=O) groups is 1. The van der Waals surface area contributed by atoms with Crippen molar-refractivity contribution in [2.45, 2.75) is 12.5 Å². The highest BCUT2D eigenvalue weighted by molar-refractivity contribution is 9.10. The van der Waals surface area contributed by atoms with Gasteiger partial charge in [0, 0.05) is 18.2 Å². The third kappa shape index (κ3) is 3.81. The van der Waals surface area contributed by atoms with Gasteiger partial charge in [-0.25, -0.2) is 12.8 Å². The molecule has 1 aromatic rings. The highest BCUT2D eigenvalue weighted by Gasteiger charge is 2.34. The van der Waals surface area contributed by atoms with Crippen molar-refractivity contribution in [3.63, 3.8) is 0 Å². The van der Waals surface area contributed by atoms with Crippen molar-refractivity contribution in [2.24, 2.45) is 0 Å². The van der Waals surface area contributed by atoms with Crippen LogP contribution in [0.15, 0.2) is 22.7 Å². The van der Waals surface area contributed by atoms with Gasteiger partial charge in [0.15, 0.2) is 9.84 Å². The number of hydrogen-bond donors (Lipinski definition) is 1. The van der Waals surface area contributed by atoms with Crippen LogP contribution in [0.2, 0.25) is 0 Å². The molecule has 1 N–H and O–H groups in total. The summed E-state index contributed by atoms with van der Waals surface area (Å²) in [7, 11) is -3.13. The Morgan fingerprint density at radius 3 is 2.71 bits per heavy atom. The molecule has 116 valence electrons. The standard InChI is InChI=1S/C13H15BrFNO4S/c14-11-7-9(1-2-12(11)15)13(18)16(4-5-17)10-3-6-21(19,20)8-10/h1-2,7,10,17H,3-6,8H2. The van der Waals surface area contributed by atoms with Gasteiger partial charge in [-0.05, 0) is 40.5 Å². The molecular formula is C13H15BrFNO4S. The number of amides is 1. The smallest absolute Gasteiger partial charge is 0.254 e. The summed E-state index contributed by atoms with van der Waals surface area (Å²) in [6, 6.07) is 3.42. The minimum atomic E-state index is -3.13. The van der Waals surface area contributed by atoms with Crippen molar-refractivity contribution < 1.29 is 22.7 Å². The molecule has 1 aliphatic heterocycles. The monoisotopic (exact) mass is 379 g/mol. The van der Waals surface area contributed by atoms with Crippen molar-refractivity contribution in [1.29, 1.82) is 0 Å². The molecule has 0 saturated carbocycles. The molecule has 1 unspecified atom stereocenters. The molecule has 1 amide bonds. The molecular weight excluding hydrogens is 365 g/mol. The summed E-state index contributed by atoms with van der Waals surface area (Å²) in [6.07, 6.45) is 0.358. The average molecular weight is 380 g/mol. The zero-order chi connectivity index (χ0) is 15.6. The molecule has 1 heterocycles. The van der Waals surface area contributed by atoms with Gasteiger partial charge in [-0.2, -0.15) is 0 Å². The number of rotatable bonds is 4. The Morgan fingerprint density at radius 2 is 2.19 bits per heavy atom. The van der Waals surface area contributed by atoms with Crippen LogP contribution in [0.1, 0.15) is 16.8 Å². The Kier molecular flexibility index (Phi) is 5.00. The van der Waals surface area contributed by atoms with Gasteiger partial charge in [0.1, 0.15) is 5.82 Å². The van der Waals surface area contributed by atoms with E-state index in [-0.39, 0.29) is 34.7 Å². The lowest BCUT2D eigenvalue weighted by Gasteiger charge is -2.27. The number of halogens is 2. The number of aliphatic hydroxyl groups excluding tert-OH is 1. The van der Waals surface area contributed by atoms with E-state index in [0.29, 0.717) is 6.42 Å². The topological polar surface area (TPSA) is 74.7 Å². The zero-order valence-corrected chi connectivity index (χ0v) is 13.5. The summed E-state index contributed by atoms with van der Waals surface area (Å²) in [5, 5.41) is 9.11. The highest BCUT2D eigenvalue weighted by atomic mass is 79.9. The summed E-state index contributed by atoms with van der Waals surface area (Å²) in [4.78, 5) is 13.8. The second-order valence-corrected chi connectivity index (χ2v) is 7.99. The van der Waals surface area contributed by atoms with Gasteiger partial charge in [-0.3, -0.25) is 4.79 Å². The maximum absolute atomic E-state index is 13.2. The second kappa shape index (κ2) is 6.41. The molecule has 5 nitrogen and oxygen atoms in total. The first-order chi connectivity index (χ1) is 9.84. The predicted octanol–water partition coefficient (Wildman–Crippen LogP) is 1.21. The van der Waals surface area contributed by atoms with Crippen LogP contribution in [0.25, 0.3) is 0 Å². The van der Waals surface area contributed by atoms with Crippen LogP contribution in [-0.2, 0) is 9.84 Å². The van der Waals surface area contributed by atoms with E-state index in [4.69, 9.17) is 5.11 Å². The minimum Gasteiger partial charge on any atom is -0.395 e. The average Bonchev–Trinajstić information content (AvgIpc) is 2.78. The van der Waals surface area contributed by atoms with Crippen LogP contribution < -0.4 is 0 Å². The van der Waals surface area contributed by atoms with E-state index in [0.717, 1.165) is 0 Å². The van der Waals surface area contributed by atoms with E-state index < -0.39 is 27.6 Å². The SMILES string of the molecule is O=C(c1ccc(F)c(Br)c1)N(CCO)C1CCS(=O)(=O)C1. The van der Waals surface area contributed by atoms with Crippen LogP contribution in [-0.4, -0.2) is 55.0 Å². The summed E-state index contributed by atoms with van der Waals surface area (Å²) in [6.45, 7) is -0.210. The fraction of sp³-hybridized carbons (Fsp3) is 0.462. The van der Waals surface area contributed by atoms with Crippen LogP contribution in [0.3, 0.4) is 0 Å². The van der Waals surface area contributed by atoms with Crippen LogP contribution in [0.5, 0.6) is 0 Å². The van der Waals surface area contributed by atoms with Crippen molar-refractivity contribution >= 4 is 31.7 Å². The van der Waals surface area contributed by atoms with Crippen molar-refractivity contribution in [3.05, 3.63) is 34.1 Å². The number of nitrogens with zero attached hydrogens (tertiary/aromatic N) is 1. The molecule has 0 spiro atoms. The summed E-state index contributed by atoms with van der Waals surface area (Å²) in [5.41, 5.74) is 0.251. The minimum absolute atomic E-state index is 0.0417. The van der Waals surface area contributed by atoms with Gasteiger partial charge >= 0.3 is 0 Å². The van der Waals surface area contributed by atoms with Gasteiger partial charge in [-0.1, -0.05) is 0 Å². The maximum Gasteiger partial charge on any atom is 0.254 e. The fourth-order valence-corrected chi connectivity index (χ4v) is 4.48. The largest absolute Gasteiger partial charge is 0.395 e. The lowest BCUT2D eigenvalue weighted by Crippen LogP contribution is -2.42.